The van der Waals surface area contributed by atoms with E-state index in [9.17, 15) is 4.79 Å². The van der Waals surface area contributed by atoms with E-state index >= 15 is 0 Å². The Kier molecular flexibility index (Phi) is 4.81. The molecule has 4 heteroatoms. The fourth-order valence-electron chi connectivity index (χ4n) is 2.74. The van der Waals surface area contributed by atoms with Gasteiger partial charge in [-0.25, -0.2) is 4.79 Å². The minimum atomic E-state index is -0.356. The lowest BCUT2D eigenvalue weighted by Gasteiger charge is -2.07. The first-order valence-electron chi connectivity index (χ1n) is 7.85. The van der Waals surface area contributed by atoms with Crippen molar-refractivity contribution in [3.8, 4) is 5.75 Å². The quantitative estimate of drug-likeness (QED) is 0.884. The first kappa shape index (κ1) is 15.4. The monoisotopic (exact) mass is 311 g/mol. The number of methoxy groups -OCH3 is 1. The molecule has 1 amide bonds. The van der Waals surface area contributed by atoms with E-state index in [4.69, 9.17) is 9.47 Å². The van der Waals surface area contributed by atoms with Crippen LogP contribution in [0.5, 0.6) is 5.75 Å². The summed E-state index contributed by atoms with van der Waals surface area (Å²) in [4.78, 5) is 11.7. The molecule has 1 N–H and O–H groups in total. The summed E-state index contributed by atoms with van der Waals surface area (Å²) >= 11 is 0. The van der Waals surface area contributed by atoms with Gasteiger partial charge >= 0.3 is 6.09 Å². The second-order valence-electron chi connectivity index (χ2n) is 5.82. The number of hydrogen-bond donors (Lipinski definition) is 1. The molecule has 2 aromatic rings. The molecule has 2 atom stereocenters. The molecule has 0 aliphatic heterocycles. The third-order valence-electron chi connectivity index (χ3n) is 4.17. The van der Waals surface area contributed by atoms with Crippen LogP contribution in [-0.4, -0.2) is 19.7 Å². The lowest BCUT2D eigenvalue weighted by atomic mass is 10.1. The number of carbonyl (C=O) groups is 1. The number of ether oxygens (including phenoxy) is 2. The van der Waals surface area contributed by atoms with Crippen LogP contribution in [0.25, 0.3) is 0 Å². The summed E-state index contributed by atoms with van der Waals surface area (Å²) in [5, 5.41) is 2.85. The second kappa shape index (κ2) is 7.18. The van der Waals surface area contributed by atoms with Crippen LogP contribution in [0.3, 0.4) is 0 Å². The fraction of sp³-hybridized carbons (Fsp3) is 0.316. The van der Waals surface area contributed by atoms with Gasteiger partial charge in [0.05, 0.1) is 7.11 Å². The van der Waals surface area contributed by atoms with E-state index in [2.05, 4.69) is 17.4 Å². The zero-order chi connectivity index (χ0) is 16.1. The number of amides is 1. The third kappa shape index (κ3) is 4.25. The molecule has 2 aromatic carbocycles. The summed E-state index contributed by atoms with van der Waals surface area (Å²) in [6.45, 7) is 0.951. The molecule has 2 unspecified atom stereocenters. The van der Waals surface area contributed by atoms with Crippen molar-refractivity contribution in [3.05, 3.63) is 65.7 Å². The Morgan fingerprint density at radius 2 is 2.00 bits per heavy atom. The minimum absolute atomic E-state index is 0.302. The average Bonchev–Trinajstić information content (AvgIpc) is 3.39. The van der Waals surface area contributed by atoms with Crippen LogP contribution in [0.1, 0.15) is 23.5 Å². The molecule has 0 aromatic heterocycles. The van der Waals surface area contributed by atoms with Crippen LogP contribution in [0.4, 0.5) is 4.79 Å². The summed E-state index contributed by atoms with van der Waals surface area (Å²) in [6.07, 6.45) is 0.733. The van der Waals surface area contributed by atoms with E-state index in [1.165, 1.54) is 5.56 Å². The first-order valence-corrected chi connectivity index (χ1v) is 7.85. The van der Waals surface area contributed by atoms with Crippen molar-refractivity contribution in [2.75, 3.05) is 13.7 Å². The van der Waals surface area contributed by atoms with Crippen LogP contribution in [0, 0.1) is 5.92 Å². The van der Waals surface area contributed by atoms with Crippen LogP contribution in [-0.2, 0) is 11.3 Å². The summed E-state index contributed by atoms with van der Waals surface area (Å²) in [5.74, 6) is 1.86. The SMILES string of the molecule is COc1cccc(C2CC2CNC(=O)OCc2ccccc2)c1. The molecule has 3 rings (SSSR count). The van der Waals surface area contributed by atoms with Crippen molar-refractivity contribution in [2.24, 2.45) is 5.92 Å². The largest absolute Gasteiger partial charge is 0.497 e. The molecule has 0 saturated heterocycles. The van der Waals surface area contributed by atoms with Crippen molar-refractivity contribution in [3.63, 3.8) is 0 Å². The zero-order valence-corrected chi connectivity index (χ0v) is 13.2. The third-order valence-corrected chi connectivity index (χ3v) is 4.17. The van der Waals surface area contributed by atoms with Crippen molar-refractivity contribution in [1.82, 2.24) is 5.32 Å². The van der Waals surface area contributed by atoms with Gasteiger partial charge in [-0.05, 0) is 41.5 Å². The van der Waals surface area contributed by atoms with Gasteiger partial charge in [-0.3, -0.25) is 0 Å². The highest BCUT2D eigenvalue weighted by molar-refractivity contribution is 5.67. The molecule has 0 heterocycles. The van der Waals surface area contributed by atoms with Gasteiger partial charge in [-0.1, -0.05) is 42.5 Å². The lowest BCUT2D eigenvalue weighted by Crippen LogP contribution is -2.26. The number of hydrogen-bond acceptors (Lipinski definition) is 3. The first-order chi connectivity index (χ1) is 11.3. The second-order valence-corrected chi connectivity index (χ2v) is 5.82. The van der Waals surface area contributed by atoms with Gasteiger partial charge in [-0.2, -0.15) is 0 Å². The zero-order valence-electron chi connectivity index (χ0n) is 13.2. The van der Waals surface area contributed by atoms with Crippen molar-refractivity contribution < 1.29 is 14.3 Å². The minimum Gasteiger partial charge on any atom is -0.497 e. The number of nitrogens with one attached hydrogen (secondary N) is 1. The average molecular weight is 311 g/mol. The van der Waals surface area contributed by atoms with Crippen molar-refractivity contribution >= 4 is 6.09 Å². The molecular weight excluding hydrogens is 290 g/mol. The summed E-state index contributed by atoms with van der Waals surface area (Å²) in [6, 6.07) is 17.8. The standard InChI is InChI=1S/C19H21NO3/c1-22-17-9-5-8-15(10-17)18-11-16(18)12-20-19(21)23-13-14-6-3-2-4-7-14/h2-10,16,18H,11-13H2,1H3,(H,20,21). The van der Waals surface area contributed by atoms with Crippen LogP contribution >= 0.6 is 0 Å². The number of benzene rings is 2. The van der Waals surface area contributed by atoms with Gasteiger partial charge in [-0.15, -0.1) is 0 Å². The topological polar surface area (TPSA) is 47.6 Å². The Labute approximate surface area is 136 Å². The van der Waals surface area contributed by atoms with Crippen molar-refractivity contribution in [1.29, 1.82) is 0 Å². The predicted molar refractivity (Wildman–Crippen MR) is 88.5 cm³/mol. The van der Waals surface area contributed by atoms with Crippen LogP contribution in [0.2, 0.25) is 0 Å². The van der Waals surface area contributed by atoms with Crippen LogP contribution in [0.15, 0.2) is 54.6 Å². The molecule has 23 heavy (non-hydrogen) atoms. The Morgan fingerprint density at radius 3 is 2.78 bits per heavy atom. The lowest BCUT2D eigenvalue weighted by molar-refractivity contribution is 0.139. The van der Waals surface area contributed by atoms with E-state index in [-0.39, 0.29) is 6.09 Å². The molecular formula is C19H21NO3. The summed E-state index contributed by atoms with van der Waals surface area (Å²) < 4.78 is 10.5. The van der Waals surface area contributed by atoms with Gasteiger partial charge in [0.25, 0.3) is 0 Å². The number of carbonyl (C=O) groups excluding carboxylic acids is 1. The highest BCUT2D eigenvalue weighted by Crippen LogP contribution is 2.47. The molecule has 1 saturated carbocycles. The van der Waals surface area contributed by atoms with Gasteiger partial charge in [0.2, 0.25) is 0 Å². The Balaban J connectivity index is 1.40. The molecule has 1 fully saturated rings. The van der Waals surface area contributed by atoms with E-state index in [1.807, 2.05) is 42.5 Å². The maximum absolute atomic E-state index is 11.7. The smallest absolute Gasteiger partial charge is 0.407 e. The molecule has 1 aliphatic carbocycles. The Bertz CT molecular complexity index is 657. The highest BCUT2D eigenvalue weighted by atomic mass is 16.5. The summed E-state index contributed by atoms with van der Waals surface area (Å²) in [7, 11) is 1.67. The van der Waals surface area contributed by atoms with Gasteiger partial charge in [0.1, 0.15) is 12.4 Å². The number of rotatable bonds is 6. The van der Waals surface area contributed by atoms with Crippen LogP contribution < -0.4 is 10.1 Å². The maximum Gasteiger partial charge on any atom is 0.407 e. The maximum atomic E-state index is 11.7. The van der Waals surface area contributed by atoms with Gasteiger partial charge in [0, 0.05) is 6.54 Å². The molecule has 120 valence electrons. The summed E-state index contributed by atoms with van der Waals surface area (Å²) in [5.41, 5.74) is 2.26. The van der Waals surface area contributed by atoms with E-state index in [1.54, 1.807) is 7.11 Å². The van der Waals surface area contributed by atoms with Gasteiger partial charge < -0.3 is 14.8 Å². The van der Waals surface area contributed by atoms with E-state index in [0.717, 1.165) is 17.7 Å². The molecule has 0 spiro atoms. The van der Waals surface area contributed by atoms with E-state index in [0.29, 0.717) is 25.0 Å². The predicted octanol–water partition coefficient (Wildman–Crippen LogP) is 3.73. The van der Waals surface area contributed by atoms with E-state index < -0.39 is 0 Å². The highest BCUT2D eigenvalue weighted by Gasteiger charge is 2.38. The molecule has 4 nitrogen and oxygen atoms in total. The van der Waals surface area contributed by atoms with Gasteiger partial charge in [0.15, 0.2) is 0 Å². The normalized spacial score (nSPS) is 19.0. The fourth-order valence-corrected chi connectivity index (χ4v) is 2.74. The Hall–Kier alpha value is -2.49. The molecule has 0 radical (unpaired) electrons. The van der Waals surface area contributed by atoms with Crippen molar-refractivity contribution in [2.45, 2.75) is 18.9 Å². The molecule has 1 aliphatic rings. The Morgan fingerprint density at radius 1 is 1.17 bits per heavy atom. The number of alkyl carbamates (subject to hydrolysis) is 1. The molecule has 0 bridgehead atoms.